The van der Waals surface area contributed by atoms with Gasteiger partial charge in [0.15, 0.2) is 0 Å². The van der Waals surface area contributed by atoms with Gasteiger partial charge in [0.25, 0.3) is 0 Å². The molecular formula is C23H24N2O2. The Morgan fingerprint density at radius 2 is 1.78 bits per heavy atom. The van der Waals surface area contributed by atoms with Gasteiger partial charge < -0.3 is 14.4 Å². The van der Waals surface area contributed by atoms with E-state index in [2.05, 4.69) is 29.7 Å². The van der Waals surface area contributed by atoms with Gasteiger partial charge in [0.2, 0.25) is 0 Å². The van der Waals surface area contributed by atoms with Crippen LogP contribution in [0.1, 0.15) is 19.2 Å². The number of fused-ring (bicyclic) bond motifs is 2. The van der Waals surface area contributed by atoms with Gasteiger partial charge in [-0.15, -0.1) is 0 Å². The van der Waals surface area contributed by atoms with E-state index < -0.39 is 6.10 Å². The van der Waals surface area contributed by atoms with E-state index in [9.17, 15) is 5.11 Å². The molecule has 0 fully saturated rings. The Bertz CT molecular complexity index is 1050. The van der Waals surface area contributed by atoms with Crippen molar-refractivity contribution in [3.63, 3.8) is 0 Å². The Balaban J connectivity index is 1.52. The molecule has 0 unspecified atom stereocenters. The van der Waals surface area contributed by atoms with Crippen molar-refractivity contribution >= 4 is 21.8 Å². The van der Waals surface area contributed by atoms with Crippen molar-refractivity contribution in [1.82, 2.24) is 9.55 Å². The van der Waals surface area contributed by atoms with Crippen LogP contribution >= 0.6 is 0 Å². The van der Waals surface area contributed by atoms with Crippen LogP contribution in [0.4, 0.5) is 0 Å². The molecule has 1 heterocycles. The summed E-state index contributed by atoms with van der Waals surface area (Å²) in [5.41, 5.74) is 2.04. The summed E-state index contributed by atoms with van der Waals surface area (Å²) in [7, 11) is 0. The van der Waals surface area contributed by atoms with Crippen LogP contribution in [-0.4, -0.2) is 27.4 Å². The average Bonchev–Trinajstić information content (AvgIpc) is 3.04. The lowest BCUT2D eigenvalue weighted by molar-refractivity contribution is 0.0934. The summed E-state index contributed by atoms with van der Waals surface area (Å²) in [5.74, 6) is 1.82. The lowest BCUT2D eigenvalue weighted by atomic mass is 10.1. The molecular weight excluding hydrogens is 336 g/mol. The monoisotopic (exact) mass is 360 g/mol. The summed E-state index contributed by atoms with van der Waals surface area (Å²) >= 11 is 0. The summed E-state index contributed by atoms with van der Waals surface area (Å²) in [6, 6.07) is 22.2. The zero-order valence-corrected chi connectivity index (χ0v) is 15.5. The van der Waals surface area contributed by atoms with E-state index in [1.54, 1.807) is 0 Å². The Morgan fingerprint density at radius 3 is 2.67 bits per heavy atom. The first-order valence-corrected chi connectivity index (χ1v) is 9.49. The van der Waals surface area contributed by atoms with Crippen LogP contribution in [0.15, 0.2) is 66.7 Å². The third-order valence-electron chi connectivity index (χ3n) is 4.78. The number of nitrogens with zero attached hydrogens (tertiary/aromatic N) is 2. The SMILES string of the molecule is CCCc1nc2ccccc2n1C[C@@H](O)COc1cccc2ccccc12. The third kappa shape index (κ3) is 3.67. The molecule has 27 heavy (non-hydrogen) atoms. The molecule has 1 N–H and O–H groups in total. The molecule has 0 spiro atoms. The Hall–Kier alpha value is -2.85. The van der Waals surface area contributed by atoms with Crippen LogP contribution in [0.5, 0.6) is 5.75 Å². The van der Waals surface area contributed by atoms with E-state index in [1.807, 2.05) is 48.5 Å². The molecule has 1 aromatic heterocycles. The number of aliphatic hydroxyl groups is 1. The maximum atomic E-state index is 10.6. The van der Waals surface area contributed by atoms with Crippen LogP contribution in [-0.2, 0) is 13.0 Å². The molecule has 4 nitrogen and oxygen atoms in total. The van der Waals surface area contributed by atoms with Crippen molar-refractivity contribution in [2.24, 2.45) is 0 Å². The Labute approximate surface area is 159 Å². The second-order valence-corrected chi connectivity index (χ2v) is 6.82. The van der Waals surface area contributed by atoms with E-state index >= 15 is 0 Å². The van der Waals surface area contributed by atoms with Crippen molar-refractivity contribution in [3.8, 4) is 5.75 Å². The fourth-order valence-electron chi connectivity index (χ4n) is 3.51. The minimum atomic E-state index is -0.614. The van der Waals surface area contributed by atoms with Crippen molar-refractivity contribution < 1.29 is 9.84 Å². The van der Waals surface area contributed by atoms with Gasteiger partial charge in [-0.25, -0.2) is 4.98 Å². The molecule has 0 saturated heterocycles. The fourth-order valence-corrected chi connectivity index (χ4v) is 3.51. The van der Waals surface area contributed by atoms with Crippen LogP contribution in [0.2, 0.25) is 0 Å². The Morgan fingerprint density at radius 1 is 1.00 bits per heavy atom. The first-order valence-electron chi connectivity index (χ1n) is 9.49. The molecule has 0 amide bonds. The van der Waals surface area contributed by atoms with Gasteiger partial charge in [0.1, 0.15) is 24.3 Å². The molecule has 0 aliphatic heterocycles. The van der Waals surface area contributed by atoms with Crippen LogP contribution in [0.3, 0.4) is 0 Å². The molecule has 1 atom stereocenters. The number of ether oxygens (including phenoxy) is 1. The van der Waals surface area contributed by atoms with E-state index in [-0.39, 0.29) is 6.61 Å². The fraction of sp³-hybridized carbons (Fsp3) is 0.261. The number of para-hydroxylation sites is 2. The maximum absolute atomic E-state index is 10.6. The van der Waals surface area contributed by atoms with E-state index in [0.717, 1.165) is 46.2 Å². The standard InChI is InChI=1S/C23H24N2O2/c1-2-8-23-24-20-12-5-6-13-21(20)25(23)15-18(26)16-27-22-14-7-10-17-9-3-4-11-19(17)22/h3-7,9-14,18,26H,2,8,15-16H2,1H3/t18-/m1/s1. The number of hydrogen-bond donors (Lipinski definition) is 1. The quantitative estimate of drug-likeness (QED) is 0.525. The van der Waals surface area contributed by atoms with E-state index in [0.29, 0.717) is 6.54 Å². The zero-order valence-electron chi connectivity index (χ0n) is 15.5. The minimum Gasteiger partial charge on any atom is -0.490 e. The lowest BCUT2D eigenvalue weighted by Gasteiger charge is -2.16. The molecule has 0 radical (unpaired) electrons. The van der Waals surface area contributed by atoms with Crippen molar-refractivity contribution in [3.05, 3.63) is 72.6 Å². The van der Waals surface area contributed by atoms with Crippen LogP contribution < -0.4 is 4.74 Å². The molecule has 3 aromatic carbocycles. The number of aromatic nitrogens is 2. The van der Waals surface area contributed by atoms with Gasteiger partial charge in [0.05, 0.1) is 17.6 Å². The number of hydrogen-bond acceptors (Lipinski definition) is 3. The van der Waals surface area contributed by atoms with Crippen molar-refractivity contribution in [2.45, 2.75) is 32.4 Å². The highest BCUT2D eigenvalue weighted by Gasteiger charge is 2.14. The minimum absolute atomic E-state index is 0.242. The first kappa shape index (κ1) is 17.6. The van der Waals surface area contributed by atoms with E-state index in [1.165, 1.54) is 0 Å². The van der Waals surface area contributed by atoms with Gasteiger partial charge in [-0.05, 0) is 30.0 Å². The Kier molecular flexibility index (Phi) is 5.07. The molecule has 0 aliphatic rings. The highest BCUT2D eigenvalue weighted by atomic mass is 16.5. The predicted octanol–water partition coefficient (Wildman–Crippen LogP) is 4.58. The van der Waals surface area contributed by atoms with Crippen LogP contribution in [0, 0.1) is 0 Å². The van der Waals surface area contributed by atoms with Gasteiger partial charge in [0, 0.05) is 11.8 Å². The highest BCUT2D eigenvalue weighted by molar-refractivity contribution is 5.88. The number of aliphatic hydroxyl groups excluding tert-OH is 1. The maximum Gasteiger partial charge on any atom is 0.127 e. The average molecular weight is 360 g/mol. The number of imidazole rings is 1. The van der Waals surface area contributed by atoms with E-state index in [4.69, 9.17) is 9.72 Å². The van der Waals surface area contributed by atoms with Crippen molar-refractivity contribution in [2.75, 3.05) is 6.61 Å². The molecule has 0 bridgehead atoms. The predicted molar refractivity (Wildman–Crippen MR) is 109 cm³/mol. The molecule has 0 aliphatic carbocycles. The summed E-state index contributed by atoms with van der Waals surface area (Å²) in [4.78, 5) is 4.73. The largest absolute Gasteiger partial charge is 0.490 e. The summed E-state index contributed by atoms with van der Waals surface area (Å²) < 4.78 is 8.08. The third-order valence-corrected chi connectivity index (χ3v) is 4.78. The van der Waals surface area contributed by atoms with Crippen molar-refractivity contribution in [1.29, 1.82) is 0 Å². The molecule has 138 valence electrons. The van der Waals surface area contributed by atoms with Gasteiger partial charge in [-0.3, -0.25) is 0 Å². The van der Waals surface area contributed by atoms with Crippen LogP contribution in [0.25, 0.3) is 21.8 Å². The second kappa shape index (κ2) is 7.80. The smallest absolute Gasteiger partial charge is 0.127 e. The van der Waals surface area contributed by atoms with Gasteiger partial charge in [-0.1, -0.05) is 55.5 Å². The normalized spacial score (nSPS) is 12.5. The second-order valence-electron chi connectivity index (χ2n) is 6.82. The zero-order chi connectivity index (χ0) is 18.6. The number of aryl methyl sites for hydroxylation is 1. The van der Waals surface area contributed by atoms with Gasteiger partial charge in [-0.2, -0.15) is 0 Å². The molecule has 4 rings (SSSR count). The molecule has 0 saturated carbocycles. The topological polar surface area (TPSA) is 47.3 Å². The molecule has 4 heteroatoms. The number of rotatable bonds is 7. The number of benzene rings is 3. The highest BCUT2D eigenvalue weighted by Crippen LogP contribution is 2.25. The van der Waals surface area contributed by atoms with Gasteiger partial charge >= 0.3 is 0 Å². The summed E-state index contributed by atoms with van der Waals surface area (Å²) in [5, 5.41) is 12.8. The first-order chi connectivity index (χ1) is 13.3. The summed E-state index contributed by atoms with van der Waals surface area (Å²) in [6.07, 6.45) is 1.30. The lowest BCUT2D eigenvalue weighted by Crippen LogP contribution is -2.24. The summed E-state index contributed by atoms with van der Waals surface area (Å²) in [6.45, 7) is 2.86. The molecule has 4 aromatic rings.